The van der Waals surface area contributed by atoms with Crippen molar-refractivity contribution in [1.82, 2.24) is 0 Å². The standard InChI is InChI=1S/C8H13N.FH/c1-3-8-5-6-9(4-2)7-8;/h5-7H,3-4H2,1-2H3;1H. The molecule has 0 aliphatic carbocycles. The van der Waals surface area contributed by atoms with Crippen LogP contribution in [0.2, 0.25) is 0 Å². The van der Waals surface area contributed by atoms with E-state index in [-0.39, 0.29) is 4.70 Å². The van der Waals surface area contributed by atoms with E-state index in [9.17, 15) is 0 Å². The molecule has 2 heteroatoms. The minimum Gasteiger partial charge on any atom is -1.00 e. The van der Waals surface area contributed by atoms with Gasteiger partial charge in [-0.1, -0.05) is 6.92 Å². The van der Waals surface area contributed by atoms with E-state index in [1.807, 2.05) is 0 Å². The average molecular weight is 143 g/mol. The maximum Gasteiger partial charge on any atom is 0.102 e. The van der Waals surface area contributed by atoms with E-state index >= 15 is 0 Å². The molecule has 1 N–H and O–H groups in total. The molecule has 0 fully saturated rings. The molecular formula is C8H14FN. The Kier molecular flexibility index (Phi) is 3.96. The summed E-state index contributed by atoms with van der Waals surface area (Å²) in [6, 6.07) is 0. The van der Waals surface area contributed by atoms with Crippen molar-refractivity contribution in [1.29, 1.82) is 0 Å². The smallest absolute Gasteiger partial charge is 0.102 e. The van der Waals surface area contributed by atoms with Gasteiger partial charge in [0.2, 0.25) is 0 Å². The van der Waals surface area contributed by atoms with Crippen LogP contribution in [0.4, 0.5) is 0 Å². The molecule has 0 aromatic rings. The molecule has 58 valence electrons. The average Bonchev–Trinajstić information content (AvgIpc) is 2.34. The van der Waals surface area contributed by atoms with Crippen LogP contribution in [0.1, 0.15) is 20.3 Å². The lowest BCUT2D eigenvalue weighted by molar-refractivity contribution is -0.785. The van der Waals surface area contributed by atoms with Gasteiger partial charge in [0.1, 0.15) is 6.20 Å². The largest absolute Gasteiger partial charge is 1.00 e. The van der Waals surface area contributed by atoms with Crippen LogP contribution < -0.4 is 9.60 Å². The van der Waals surface area contributed by atoms with Crippen LogP contribution >= 0.6 is 0 Å². The molecule has 1 aliphatic heterocycles. The van der Waals surface area contributed by atoms with Gasteiger partial charge in [-0.2, -0.15) is 0 Å². The molecule has 0 radical (unpaired) electrons. The summed E-state index contributed by atoms with van der Waals surface area (Å²) >= 11 is 0. The fourth-order valence-electron chi connectivity index (χ4n) is 0.988. The lowest BCUT2D eigenvalue weighted by Gasteiger charge is -1.99. The number of halogens is 1. The van der Waals surface area contributed by atoms with Crippen molar-refractivity contribution >= 4 is 0 Å². The Balaban J connectivity index is 0.000000810. The van der Waals surface area contributed by atoms with Crippen molar-refractivity contribution < 1.29 is 9.60 Å². The molecule has 1 rings (SSSR count). The minimum atomic E-state index is 0. The third-order valence-electron chi connectivity index (χ3n) is 1.70. The van der Waals surface area contributed by atoms with Gasteiger partial charge in [0, 0.05) is 11.6 Å². The summed E-state index contributed by atoms with van der Waals surface area (Å²) in [4.78, 5) is 1.46. The molecule has 0 saturated heterocycles. The molecule has 0 aromatic heterocycles. The molecule has 10 heavy (non-hydrogen) atoms. The van der Waals surface area contributed by atoms with Gasteiger partial charge in [-0.25, -0.2) is 0 Å². The van der Waals surface area contributed by atoms with Crippen LogP contribution in [-0.4, -0.2) is 6.54 Å². The lowest BCUT2D eigenvalue weighted by Crippen LogP contribution is -3.01. The number of allylic oxidation sites excluding steroid dienone is 2. The first kappa shape index (κ1) is 9.37. The third kappa shape index (κ3) is 1.95. The predicted octanol–water partition coefficient (Wildman–Crippen LogP) is -2.28. The number of hydrogen-bond acceptors (Lipinski definition) is 0. The molecule has 0 amide bonds. The summed E-state index contributed by atoms with van der Waals surface area (Å²) in [5, 5.41) is 0. The van der Waals surface area contributed by atoms with Gasteiger partial charge < -0.3 is 4.70 Å². The fraction of sp³-hybridized carbons (Fsp3) is 0.500. The highest BCUT2D eigenvalue weighted by Gasteiger charge is 2.05. The highest BCUT2D eigenvalue weighted by atomic mass is 19.0. The lowest BCUT2D eigenvalue weighted by atomic mass is 10.2. The van der Waals surface area contributed by atoms with Crippen LogP contribution in [0, 0.1) is 0 Å². The van der Waals surface area contributed by atoms with Crippen LogP contribution in [0.5, 0.6) is 0 Å². The molecule has 0 bridgehead atoms. The van der Waals surface area contributed by atoms with Crippen molar-refractivity contribution in [3.63, 3.8) is 0 Å². The highest BCUT2D eigenvalue weighted by molar-refractivity contribution is 5.17. The quantitative estimate of drug-likeness (QED) is 0.444. The Morgan fingerprint density at radius 3 is 2.40 bits per heavy atom. The van der Waals surface area contributed by atoms with Crippen molar-refractivity contribution in [3.8, 4) is 0 Å². The normalized spacial score (nSPS) is 22.2. The van der Waals surface area contributed by atoms with E-state index in [0.29, 0.717) is 0 Å². The molecular weight excluding hydrogens is 129 g/mol. The number of hydrogen-bond donors (Lipinski definition) is 1. The zero-order valence-electron chi connectivity index (χ0n) is 6.52. The Bertz CT molecular complexity index is 149. The van der Waals surface area contributed by atoms with Gasteiger partial charge in [0.15, 0.2) is 0 Å². The van der Waals surface area contributed by atoms with Gasteiger partial charge in [-0.05, 0) is 13.3 Å². The monoisotopic (exact) mass is 143 g/mol. The Morgan fingerprint density at radius 2 is 2.10 bits per heavy atom. The molecule has 1 atom stereocenters. The molecule has 0 spiro atoms. The zero-order chi connectivity index (χ0) is 6.69. The summed E-state index contributed by atoms with van der Waals surface area (Å²) < 4.78 is 0. The number of nitrogens with one attached hydrogen (secondary N) is 1. The predicted molar refractivity (Wildman–Crippen MR) is 39.0 cm³/mol. The summed E-state index contributed by atoms with van der Waals surface area (Å²) in [7, 11) is 0. The maximum absolute atomic E-state index is 2.28. The first-order valence-electron chi connectivity index (χ1n) is 3.61. The molecule has 0 saturated carbocycles. The topological polar surface area (TPSA) is 4.44 Å². The van der Waals surface area contributed by atoms with Crippen molar-refractivity contribution in [2.24, 2.45) is 0 Å². The molecule has 1 unspecified atom stereocenters. The second-order valence-corrected chi connectivity index (χ2v) is 2.33. The van der Waals surface area contributed by atoms with Crippen molar-refractivity contribution in [2.45, 2.75) is 20.3 Å². The van der Waals surface area contributed by atoms with Crippen LogP contribution in [0.15, 0.2) is 24.0 Å². The molecule has 0 aromatic carbocycles. The Labute approximate surface area is 61.4 Å². The van der Waals surface area contributed by atoms with Gasteiger partial charge in [0.05, 0.1) is 12.7 Å². The Hall–Kier alpha value is -0.630. The van der Waals surface area contributed by atoms with E-state index in [4.69, 9.17) is 0 Å². The maximum atomic E-state index is 2.28. The van der Waals surface area contributed by atoms with Gasteiger partial charge >= 0.3 is 0 Å². The van der Waals surface area contributed by atoms with E-state index < -0.39 is 0 Å². The molecule has 1 heterocycles. The first-order valence-corrected chi connectivity index (χ1v) is 3.61. The van der Waals surface area contributed by atoms with Crippen LogP contribution in [0.25, 0.3) is 0 Å². The van der Waals surface area contributed by atoms with E-state index in [1.165, 1.54) is 23.4 Å². The number of rotatable bonds is 2. The van der Waals surface area contributed by atoms with Gasteiger partial charge in [-0.15, -0.1) is 0 Å². The first-order chi connectivity index (χ1) is 4.36. The second kappa shape index (κ2) is 4.23. The summed E-state index contributed by atoms with van der Waals surface area (Å²) in [6.07, 6.45) is 7.86. The number of quaternary nitrogens is 1. The van der Waals surface area contributed by atoms with E-state index in [1.54, 1.807) is 0 Å². The summed E-state index contributed by atoms with van der Waals surface area (Å²) in [5.41, 5.74) is 1.46. The van der Waals surface area contributed by atoms with Gasteiger partial charge in [-0.3, -0.25) is 4.90 Å². The van der Waals surface area contributed by atoms with Crippen LogP contribution in [-0.2, 0) is 0 Å². The molecule has 1 nitrogen and oxygen atoms in total. The highest BCUT2D eigenvalue weighted by Crippen LogP contribution is 2.00. The van der Waals surface area contributed by atoms with Crippen molar-refractivity contribution in [2.75, 3.05) is 6.54 Å². The SMILES string of the molecule is CCC1=C[NH+](CC)C=C1.[F-]. The van der Waals surface area contributed by atoms with E-state index in [0.717, 1.165) is 0 Å². The second-order valence-electron chi connectivity index (χ2n) is 2.33. The fourth-order valence-corrected chi connectivity index (χ4v) is 0.988. The molecule has 1 aliphatic rings. The third-order valence-corrected chi connectivity index (χ3v) is 1.70. The summed E-state index contributed by atoms with van der Waals surface area (Å²) in [6.45, 7) is 5.55. The van der Waals surface area contributed by atoms with Crippen molar-refractivity contribution in [3.05, 3.63) is 24.0 Å². The summed E-state index contributed by atoms with van der Waals surface area (Å²) in [5.74, 6) is 0. The minimum absolute atomic E-state index is 0. The van der Waals surface area contributed by atoms with E-state index in [2.05, 4.69) is 32.3 Å². The zero-order valence-corrected chi connectivity index (χ0v) is 6.52. The van der Waals surface area contributed by atoms with Crippen LogP contribution in [0.3, 0.4) is 0 Å². The van der Waals surface area contributed by atoms with Gasteiger partial charge in [0.25, 0.3) is 0 Å². The Morgan fingerprint density at radius 1 is 1.40 bits per heavy atom.